The number of hydrogen-bond acceptors (Lipinski definition) is 6. The third kappa shape index (κ3) is 3.34. The molecule has 104 valence electrons. The molecule has 1 fully saturated rings. The molecule has 2 aromatic rings. The Labute approximate surface area is 125 Å². The van der Waals surface area contributed by atoms with Crippen LogP contribution in [0.4, 0.5) is 5.13 Å². The van der Waals surface area contributed by atoms with Gasteiger partial charge in [-0.3, -0.25) is 9.78 Å². The smallest absolute Gasteiger partial charge is 0.229 e. The van der Waals surface area contributed by atoms with Gasteiger partial charge in [0.15, 0.2) is 4.34 Å². The Morgan fingerprint density at radius 3 is 3.00 bits per heavy atom. The van der Waals surface area contributed by atoms with Crippen LogP contribution >= 0.6 is 23.1 Å². The van der Waals surface area contributed by atoms with Gasteiger partial charge in [0, 0.05) is 17.9 Å². The maximum atomic E-state index is 11.8. The molecule has 5 nitrogen and oxygen atoms in total. The molecule has 20 heavy (non-hydrogen) atoms. The predicted octanol–water partition coefficient (Wildman–Crippen LogP) is 2.96. The highest BCUT2D eigenvalue weighted by molar-refractivity contribution is 8.00. The van der Waals surface area contributed by atoms with Crippen LogP contribution in [0.25, 0.3) is 0 Å². The molecule has 1 saturated carbocycles. The fraction of sp³-hybridized carbons (Fsp3) is 0.385. The summed E-state index contributed by atoms with van der Waals surface area (Å²) in [5.41, 5.74) is 1.01. The van der Waals surface area contributed by atoms with E-state index in [4.69, 9.17) is 0 Å². The molecule has 0 spiro atoms. The standard InChI is InChI=1S/C13H14N4OS2/c18-11(9-4-3-5-9)15-12-16-17-13(20-12)19-8-10-6-1-2-7-14-10/h1-2,6-7,9H,3-5,8H2,(H,15,16,18). The van der Waals surface area contributed by atoms with Crippen LogP contribution in [0, 0.1) is 5.92 Å². The summed E-state index contributed by atoms with van der Waals surface area (Å²) in [6.45, 7) is 0. The van der Waals surface area contributed by atoms with Gasteiger partial charge in [-0.05, 0) is 25.0 Å². The summed E-state index contributed by atoms with van der Waals surface area (Å²) in [7, 11) is 0. The number of nitrogens with zero attached hydrogens (tertiary/aromatic N) is 3. The first kappa shape index (κ1) is 13.5. The van der Waals surface area contributed by atoms with Gasteiger partial charge in [0.2, 0.25) is 11.0 Å². The van der Waals surface area contributed by atoms with E-state index in [9.17, 15) is 4.79 Å². The molecular formula is C13H14N4OS2. The van der Waals surface area contributed by atoms with Gasteiger partial charge in [0.05, 0.1) is 5.69 Å². The van der Waals surface area contributed by atoms with Gasteiger partial charge in [-0.25, -0.2) is 0 Å². The SMILES string of the molecule is O=C(Nc1nnc(SCc2ccccn2)s1)C1CCC1. The second kappa shape index (κ2) is 6.32. The second-order valence-electron chi connectivity index (χ2n) is 4.60. The van der Waals surface area contributed by atoms with Crippen LogP contribution in [0.15, 0.2) is 28.7 Å². The third-order valence-corrected chi connectivity index (χ3v) is 5.19. The number of amides is 1. The number of anilines is 1. The van der Waals surface area contributed by atoms with Crippen LogP contribution in [-0.4, -0.2) is 21.1 Å². The van der Waals surface area contributed by atoms with Crippen LogP contribution in [0.5, 0.6) is 0 Å². The molecule has 1 amide bonds. The summed E-state index contributed by atoms with van der Waals surface area (Å²) in [5, 5.41) is 11.5. The topological polar surface area (TPSA) is 67.8 Å². The molecule has 1 N–H and O–H groups in total. The van der Waals surface area contributed by atoms with Gasteiger partial charge in [-0.15, -0.1) is 10.2 Å². The third-order valence-electron chi connectivity index (χ3n) is 3.18. The van der Waals surface area contributed by atoms with E-state index in [1.165, 1.54) is 11.3 Å². The Morgan fingerprint density at radius 2 is 2.30 bits per heavy atom. The Kier molecular flexibility index (Phi) is 4.27. The lowest BCUT2D eigenvalue weighted by atomic mass is 9.85. The molecule has 2 heterocycles. The summed E-state index contributed by atoms with van der Waals surface area (Å²) >= 11 is 2.99. The van der Waals surface area contributed by atoms with Crippen molar-refractivity contribution in [1.29, 1.82) is 0 Å². The van der Waals surface area contributed by atoms with E-state index < -0.39 is 0 Å². The minimum atomic E-state index is 0.0775. The molecule has 1 aliphatic carbocycles. The Bertz CT molecular complexity index is 583. The van der Waals surface area contributed by atoms with Crippen LogP contribution in [0.2, 0.25) is 0 Å². The number of carbonyl (C=O) groups excluding carboxylic acids is 1. The molecule has 1 aliphatic rings. The quantitative estimate of drug-likeness (QED) is 0.679. The van der Waals surface area contributed by atoms with Crippen LogP contribution in [0.1, 0.15) is 25.0 Å². The van der Waals surface area contributed by atoms with Gasteiger partial charge in [-0.2, -0.15) is 0 Å². The highest BCUT2D eigenvalue weighted by Crippen LogP contribution is 2.30. The minimum Gasteiger partial charge on any atom is -0.300 e. The fourth-order valence-corrected chi connectivity index (χ4v) is 3.49. The molecular weight excluding hydrogens is 292 g/mol. The number of carbonyl (C=O) groups is 1. The summed E-state index contributed by atoms with van der Waals surface area (Å²) in [5.74, 6) is 1.00. The minimum absolute atomic E-state index is 0.0775. The van der Waals surface area contributed by atoms with Crippen molar-refractivity contribution in [1.82, 2.24) is 15.2 Å². The number of aromatic nitrogens is 3. The number of pyridine rings is 1. The van der Waals surface area contributed by atoms with Crippen LogP contribution in [-0.2, 0) is 10.5 Å². The average molecular weight is 306 g/mol. The van der Waals surface area contributed by atoms with Gasteiger partial charge >= 0.3 is 0 Å². The Hall–Kier alpha value is -1.47. The molecule has 0 aliphatic heterocycles. The first-order valence-electron chi connectivity index (χ1n) is 6.48. The summed E-state index contributed by atoms with van der Waals surface area (Å²) < 4.78 is 0.847. The molecule has 0 atom stereocenters. The predicted molar refractivity (Wildman–Crippen MR) is 79.7 cm³/mol. The second-order valence-corrected chi connectivity index (χ2v) is 6.80. The maximum Gasteiger partial charge on any atom is 0.229 e. The average Bonchev–Trinajstić information content (AvgIpc) is 2.83. The lowest BCUT2D eigenvalue weighted by molar-refractivity contribution is -0.122. The van der Waals surface area contributed by atoms with E-state index in [-0.39, 0.29) is 11.8 Å². The monoisotopic (exact) mass is 306 g/mol. The van der Waals surface area contributed by atoms with E-state index >= 15 is 0 Å². The molecule has 7 heteroatoms. The lowest BCUT2D eigenvalue weighted by Crippen LogP contribution is -2.27. The molecule has 0 aromatic carbocycles. The zero-order chi connectivity index (χ0) is 13.8. The van der Waals surface area contributed by atoms with E-state index in [0.717, 1.165) is 35.0 Å². The number of hydrogen-bond donors (Lipinski definition) is 1. The number of thioether (sulfide) groups is 1. The molecule has 2 aromatic heterocycles. The fourth-order valence-electron chi connectivity index (χ4n) is 1.82. The molecule has 3 rings (SSSR count). The van der Waals surface area contributed by atoms with Crippen molar-refractivity contribution in [3.8, 4) is 0 Å². The number of nitrogens with one attached hydrogen (secondary N) is 1. The van der Waals surface area contributed by atoms with Crippen molar-refractivity contribution in [2.75, 3.05) is 5.32 Å². The molecule has 0 radical (unpaired) electrons. The molecule has 0 saturated heterocycles. The highest BCUT2D eigenvalue weighted by atomic mass is 32.2. The molecule has 0 bridgehead atoms. The zero-order valence-electron chi connectivity index (χ0n) is 10.8. The summed E-state index contributed by atoms with van der Waals surface area (Å²) in [6, 6.07) is 5.84. The Morgan fingerprint density at radius 1 is 1.40 bits per heavy atom. The van der Waals surface area contributed by atoms with E-state index in [1.54, 1.807) is 18.0 Å². The van der Waals surface area contributed by atoms with Crippen molar-refractivity contribution < 1.29 is 4.79 Å². The van der Waals surface area contributed by atoms with E-state index in [0.29, 0.717) is 5.13 Å². The normalized spacial score (nSPS) is 14.8. The summed E-state index contributed by atoms with van der Waals surface area (Å²) in [4.78, 5) is 16.1. The largest absolute Gasteiger partial charge is 0.300 e. The van der Waals surface area contributed by atoms with Crippen molar-refractivity contribution in [2.24, 2.45) is 5.92 Å². The van der Waals surface area contributed by atoms with Crippen molar-refractivity contribution >= 4 is 34.1 Å². The summed E-state index contributed by atoms with van der Waals surface area (Å²) in [6.07, 6.45) is 4.91. The lowest BCUT2D eigenvalue weighted by Gasteiger charge is -2.23. The maximum absolute atomic E-state index is 11.8. The van der Waals surface area contributed by atoms with Crippen molar-refractivity contribution in [2.45, 2.75) is 29.4 Å². The first-order valence-corrected chi connectivity index (χ1v) is 8.28. The van der Waals surface area contributed by atoms with Gasteiger partial charge in [-0.1, -0.05) is 35.6 Å². The van der Waals surface area contributed by atoms with Crippen LogP contribution < -0.4 is 5.32 Å². The molecule has 0 unspecified atom stereocenters. The first-order chi connectivity index (χ1) is 9.81. The van der Waals surface area contributed by atoms with E-state index in [1.807, 2.05) is 18.2 Å². The highest BCUT2D eigenvalue weighted by Gasteiger charge is 2.25. The zero-order valence-corrected chi connectivity index (χ0v) is 12.4. The Balaban J connectivity index is 1.52. The van der Waals surface area contributed by atoms with Crippen molar-refractivity contribution in [3.63, 3.8) is 0 Å². The van der Waals surface area contributed by atoms with Crippen LogP contribution in [0.3, 0.4) is 0 Å². The van der Waals surface area contributed by atoms with Crippen molar-refractivity contribution in [3.05, 3.63) is 30.1 Å². The van der Waals surface area contributed by atoms with Gasteiger partial charge in [0.1, 0.15) is 0 Å². The van der Waals surface area contributed by atoms with E-state index in [2.05, 4.69) is 20.5 Å². The van der Waals surface area contributed by atoms with Gasteiger partial charge in [0.25, 0.3) is 0 Å². The van der Waals surface area contributed by atoms with Gasteiger partial charge < -0.3 is 5.32 Å². The number of rotatable bonds is 5.